The van der Waals surface area contributed by atoms with Crippen molar-refractivity contribution in [2.45, 2.75) is 32.4 Å². The molecule has 0 spiro atoms. The standard InChI is InChI=1S/C19H25N3O3/c1-13(2)6-9-25-18-7-8-24-11-16(18)21-19(23)14-4-5-17-15(10-14)20-12-22(17)3/h4-6,10,12,16,18H,7-9,11H2,1-3H3,(H,21,23)/t16-,18+/m1/s1. The number of benzene rings is 1. The summed E-state index contributed by atoms with van der Waals surface area (Å²) in [6.45, 7) is 5.77. The third kappa shape index (κ3) is 4.27. The van der Waals surface area contributed by atoms with Crippen molar-refractivity contribution >= 4 is 16.9 Å². The fourth-order valence-corrected chi connectivity index (χ4v) is 2.92. The number of nitrogens with one attached hydrogen (secondary N) is 1. The van der Waals surface area contributed by atoms with Crippen LogP contribution in [0.3, 0.4) is 0 Å². The molecule has 2 atom stereocenters. The molecule has 0 radical (unpaired) electrons. The van der Waals surface area contributed by atoms with Gasteiger partial charge in [0.1, 0.15) is 0 Å². The zero-order chi connectivity index (χ0) is 17.8. The van der Waals surface area contributed by atoms with E-state index in [1.54, 1.807) is 6.33 Å². The number of rotatable bonds is 5. The molecular weight excluding hydrogens is 318 g/mol. The summed E-state index contributed by atoms with van der Waals surface area (Å²) in [4.78, 5) is 16.9. The first-order valence-electron chi connectivity index (χ1n) is 8.59. The Morgan fingerprint density at radius 3 is 3.12 bits per heavy atom. The highest BCUT2D eigenvalue weighted by Gasteiger charge is 2.28. The van der Waals surface area contributed by atoms with Crippen LogP contribution in [-0.2, 0) is 16.5 Å². The van der Waals surface area contributed by atoms with Gasteiger partial charge in [-0.3, -0.25) is 4.79 Å². The van der Waals surface area contributed by atoms with E-state index in [0.717, 1.165) is 17.5 Å². The molecule has 1 amide bonds. The van der Waals surface area contributed by atoms with E-state index in [-0.39, 0.29) is 18.1 Å². The molecule has 0 aliphatic carbocycles. The van der Waals surface area contributed by atoms with Crippen molar-refractivity contribution < 1.29 is 14.3 Å². The maximum atomic E-state index is 12.6. The summed E-state index contributed by atoms with van der Waals surface area (Å²) in [5.41, 5.74) is 3.63. The molecule has 2 aromatic rings. The number of ether oxygens (including phenoxy) is 2. The fourth-order valence-electron chi connectivity index (χ4n) is 2.92. The van der Waals surface area contributed by atoms with Gasteiger partial charge in [0.25, 0.3) is 5.91 Å². The average Bonchev–Trinajstić information content (AvgIpc) is 2.96. The number of carbonyl (C=O) groups excluding carboxylic acids is 1. The van der Waals surface area contributed by atoms with Gasteiger partial charge in [-0.25, -0.2) is 4.98 Å². The summed E-state index contributed by atoms with van der Waals surface area (Å²) in [5, 5.41) is 3.05. The van der Waals surface area contributed by atoms with E-state index in [4.69, 9.17) is 9.47 Å². The molecule has 2 heterocycles. The lowest BCUT2D eigenvalue weighted by Gasteiger charge is -2.31. The van der Waals surface area contributed by atoms with Crippen LogP contribution in [0.5, 0.6) is 0 Å². The van der Waals surface area contributed by atoms with Crippen molar-refractivity contribution in [2.24, 2.45) is 7.05 Å². The lowest BCUT2D eigenvalue weighted by atomic mass is 10.1. The largest absolute Gasteiger partial charge is 0.379 e. The Morgan fingerprint density at radius 2 is 2.32 bits per heavy atom. The van der Waals surface area contributed by atoms with Crippen LogP contribution in [-0.4, -0.2) is 47.4 Å². The van der Waals surface area contributed by atoms with Gasteiger partial charge in [-0.05, 0) is 38.5 Å². The zero-order valence-corrected chi connectivity index (χ0v) is 15.0. The highest BCUT2D eigenvalue weighted by molar-refractivity contribution is 5.97. The molecule has 3 rings (SSSR count). The Bertz CT molecular complexity index is 777. The van der Waals surface area contributed by atoms with Crippen LogP contribution in [0, 0.1) is 0 Å². The second-order valence-electron chi connectivity index (χ2n) is 6.66. The van der Waals surface area contributed by atoms with Crippen LogP contribution in [0.15, 0.2) is 36.2 Å². The van der Waals surface area contributed by atoms with Gasteiger partial charge >= 0.3 is 0 Å². The second kappa shape index (κ2) is 7.80. The molecule has 1 fully saturated rings. The van der Waals surface area contributed by atoms with E-state index in [0.29, 0.717) is 25.4 Å². The molecule has 1 aromatic heterocycles. The minimum absolute atomic E-state index is 0.0353. The summed E-state index contributed by atoms with van der Waals surface area (Å²) >= 11 is 0. The number of hydrogen-bond donors (Lipinski definition) is 1. The molecule has 1 aliphatic rings. The number of hydrogen-bond acceptors (Lipinski definition) is 4. The maximum absolute atomic E-state index is 12.6. The summed E-state index contributed by atoms with van der Waals surface area (Å²) in [6, 6.07) is 5.40. The molecule has 1 saturated heterocycles. The minimum atomic E-state index is -0.147. The first-order chi connectivity index (χ1) is 12.0. The Kier molecular flexibility index (Phi) is 5.50. The Balaban J connectivity index is 1.67. The number of carbonyl (C=O) groups is 1. The van der Waals surface area contributed by atoms with E-state index >= 15 is 0 Å². The van der Waals surface area contributed by atoms with Crippen molar-refractivity contribution in [3.63, 3.8) is 0 Å². The van der Waals surface area contributed by atoms with E-state index < -0.39 is 0 Å². The quantitative estimate of drug-likeness (QED) is 0.847. The molecule has 25 heavy (non-hydrogen) atoms. The third-order valence-corrected chi connectivity index (χ3v) is 4.40. The molecule has 6 heteroatoms. The van der Waals surface area contributed by atoms with Crippen molar-refractivity contribution in [1.82, 2.24) is 14.9 Å². The summed E-state index contributed by atoms with van der Waals surface area (Å²) < 4.78 is 13.4. The number of nitrogens with zero attached hydrogens (tertiary/aromatic N) is 2. The van der Waals surface area contributed by atoms with Gasteiger partial charge in [0.2, 0.25) is 0 Å². The number of amides is 1. The Morgan fingerprint density at radius 1 is 1.48 bits per heavy atom. The van der Waals surface area contributed by atoms with E-state index in [1.807, 2.05) is 49.7 Å². The van der Waals surface area contributed by atoms with Gasteiger partial charge in [-0.2, -0.15) is 0 Å². The van der Waals surface area contributed by atoms with Gasteiger partial charge < -0.3 is 19.4 Å². The minimum Gasteiger partial charge on any atom is -0.379 e. The first-order valence-corrected chi connectivity index (χ1v) is 8.59. The molecule has 1 aromatic carbocycles. The number of fused-ring (bicyclic) bond motifs is 1. The topological polar surface area (TPSA) is 65.4 Å². The predicted molar refractivity (Wildman–Crippen MR) is 96.6 cm³/mol. The lowest BCUT2D eigenvalue weighted by Crippen LogP contribution is -2.50. The molecule has 0 saturated carbocycles. The molecule has 6 nitrogen and oxygen atoms in total. The van der Waals surface area contributed by atoms with Crippen LogP contribution >= 0.6 is 0 Å². The molecular formula is C19H25N3O3. The molecule has 1 N–H and O–H groups in total. The number of aromatic nitrogens is 2. The zero-order valence-electron chi connectivity index (χ0n) is 15.0. The van der Waals surface area contributed by atoms with Gasteiger partial charge in [-0.1, -0.05) is 11.6 Å². The summed E-state index contributed by atoms with van der Waals surface area (Å²) in [5.74, 6) is -0.126. The molecule has 134 valence electrons. The normalized spacial score (nSPS) is 20.4. The van der Waals surface area contributed by atoms with Gasteiger partial charge in [0.05, 0.1) is 42.7 Å². The highest BCUT2D eigenvalue weighted by Crippen LogP contribution is 2.16. The molecule has 0 bridgehead atoms. The van der Waals surface area contributed by atoms with Gasteiger partial charge in [0, 0.05) is 19.2 Å². The third-order valence-electron chi connectivity index (χ3n) is 4.40. The van der Waals surface area contributed by atoms with Crippen molar-refractivity contribution in [1.29, 1.82) is 0 Å². The van der Waals surface area contributed by atoms with E-state index in [2.05, 4.69) is 10.3 Å². The number of aryl methyl sites for hydroxylation is 1. The smallest absolute Gasteiger partial charge is 0.251 e. The molecule has 1 aliphatic heterocycles. The Hall–Kier alpha value is -2.18. The number of imidazole rings is 1. The number of allylic oxidation sites excluding steroid dienone is 1. The van der Waals surface area contributed by atoms with Gasteiger partial charge in [0.15, 0.2) is 0 Å². The average molecular weight is 343 g/mol. The van der Waals surface area contributed by atoms with Crippen LogP contribution in [0.4, 0.5) is 0 Å². The fraction of sp³-hybridized carbons (Fsp3) is 0.474. The van der Waals surface area contributed by atoms with Crippen molar-refractivity contribution in [2.75, 3.05) is 19.8 Å². The lowest BCUT2D eigenvalue weighted by molar-refractivity contribution is -0.0457. The van der Waals surface area contributed by atoms with Crippen molar-refractivity contribution in [3.8, 4) is 0 Å². The van der Waals surface area contributed by atoms with Crippen LogP contribution < -0.4 is 5.32 Å². The maximum Gasteiger partial charge on any atom is 0.251 e. The first kappa shape index (κ1) is 17.6. The van der Waals surface area contributed by atoms with E-state index in [9.17, 15) is 4.79 Å². The predicted octanol–water partition coefficient (Wildman–Crippen LogP) is 2.44. The molecule has 0 unspecified atom stereocenters. The summed E-state index contributed by atoms with van der Waals surface area (Å²) in [7, 11) is 1.93. The highest BCUT2D eigenvalue weighted by atomic mass is 16.5. The Labute approximate surface area is 147 Å². The van der Waals surface area contributed by atoms with Crippen LogP contribution in [0.1, 0.15) is 30.6 Å². The van der Waals surface area contributed by atoms with E-state index in [1.165, 1.54) is 5.57 Å². The van der Waals surface area contributed by atoms with Crippen LogP contribution in [0.25, 0.3) is 11.0 Å². The van der Waals surface area contributed by atoms with Crippen LogP contribution in [0.2, 0.25) is 0 Å². The SMILES string of the molecule is CC(C)=CCO[C@H]1CCOC[C@H]1NC(=O)c1ccc2c(c1)ncn2C. The second-order valence-corrected chi connectivity index (χ2v) is 6.66. The monoisotopic (exact) mass is 343 g/mol. The van der Waals surface area contributed by atoms with Gasteiger partial charge in [-0.15, -0.1) is 0 Å². The van der Waals surface area contributed by atoms with Crippen molar-refractivity contribution in [3.05, 3.63) is 41.7 Å². The summed E-state index contributed by atoms with van der Waals surface area (Å²) in [6.07, 6.45) is 4.53.